The third kappa shape index (κ3) is 4.96. The first-order valence-electron chi connectivity index (χ1n) is 7.62. The molecule has 1 N–H and O–H groups in total. The van der Waals surface area contributed by atoms with Crippen LogP contribution in [0.3, 0.4) is 0 Å². The van der Waals surface area contributed by atoms with Crippen LogP contribution in [-0.2, 0) is 17.9 Å². The minimum atomic E-state index is -0.450. The number of hydrogen-bond donors (Lipinski definition) is 1. The summed E-state index contributed by atoms with van der Waals surface area (Å²) < 4.78 is 5.39. The molecule has 0 aromatic carbocycles. The van der Waals surface area contributed by atoms with Gasteiger partial charge < -0.3 is 14.7 Å². The highest BCUT2D eigenvalue weighted by atomic mass is 16.6. The van der Waals surface area contributed by atoms with Gasteiger partial charge in [-0.2, -0.15) is 0 Å². The summed E-state index contributed by atoms with van der Waals surface area (Å²) >= 11 is 0. The molecule has 1 aromatic heterocycles. The summed E-state index contributed by atoms with van der Waals surface area (Å²) in [5.74, 6) is 0. The molecule has 122 valence electrons. The Labute approximate surface area is 131 Å². The molecule has 0 radical (unpaired) electrons. The average Bonchev–Trinajstić information content (AvgIpc) is 2.47. The highest BCUT2D eigenvalue weighted by Gasteiger charge is 2.25. The van der Waals surface area contributed by atoms with E-state index in [0.29, 0.717) is 18.8 Å². The molecule has 1 fully saturated rings. The maximum Gasteiger partial charge on any atom is 0.410 e. The van der Waals surface area contributed by atoms with Gasteiger partial charge in [0, 0.05) is 38.9 Å². The van der Waals surface area contributed by atoms with Gasteiger partial charge in [0.15, 0.2) is 0 Å². The maximum absolute atomic E-state index is 12.0. The van der Waals surface area contributed by atoms with Crippen LogP contribution in [0.2, 0.25) is 0 Å². The molecule has 0 spiro atoms. The molecule has 0 aliphatic carbocycles. The molecule has 6 heteroatoms. The van der Waals surface area contributed by atoms with E-state index in [4.69, 9.17) is 9.84 Å². The van der Waals surface area contributed by atoms with Gasteiger partial charge in [-0.1, -0.05) is 6.07 Å². The fourth-order valence-corrected chi connectivity index (χ4v) is 2.32. The van der Waals surface area contributed by atoms with Crippen LogP contribution in [-0.4, -0.2) is 57.8 Å². The van der Waals surface area contributed by atoms with Crippen molar-refractivity contribution in [3.05, 3.63) is 29.6 Å². The van der Waals surface area contributed by atoms with Gasteiger partial charge in [0.1, 0.15) is 5.60 Å². The molecule has 0 atom stereocenters. The summed E-state index contributed by atoms with van der Waals surface area (Å²) in [7, 11) is 0. The predicted molar refractivity (Wildman–Crippen MR) is 83.2 cm³/mol. The zero-order valence-electron chi connectivity index (χ0n) is 13.6. The summed E-state index contributed by atoms with van der Waals surface area (Å²) in [6.07, 6.45) is 1.56. The number of aromatic nitrogens is 1. The van der Waals surface area contributed by atoms with Crippen LogP contribution in [0.4, 0.5) is 4.79 Å². The van der Waals surface area contributed by atoms with Crippen molar-refractivity contribution in [3.8, 4) is 0 Å². The first-order valence-corrected chi connectivity index (χ1v) is 7.62. The van der Waals surface area contributed by atoms with Crippen LogP contribution in [0.5, 0.6) is 0 Å². The lowest BCUT2D eigenvalue weighted by Gasteiger charge is -2.35. The average molecular weight is 307 g/mol. The highest BCUT2D eigenvalue weighted by molar-refractivity contribution is 5.68. The quantitative estimate of drug-likeness (QED) is 0.919. The number of rotatable bonds is 3. The van der Waals surface area contributed by atoms with Crippen molar-refractivity contribution in [3.63, 3.8) is 0 Å². The Bertz CT molecular complexity index is 488. The van der Waals surface area contributed by atoms with Crippen molar-refractivity contribution >= 4 is 6.09 Å². The Morgan fingerprint density at radius 3 is 2.45 bits per heavy atom. The smallest absolute Gasteiger partial charge is 0.410 e. The fourth-order valence-electron chi connectivity index (χ4n) is 2.32. The van der Waals surface area contributed by atoms with Crippen LogP contribution >= 0.6 is 0 Å². The molecule has 2 heterocycles. The number of pyridine rings is 1. The lowest BCUT2D eigenvalue weighted by Crippen LogP contribution is -2.49. The molecular formula is C16H25N3O3. The van der Waals surface area contributed by atoms with Crippen LogP contribution in [0.1, 0.15) is 32.0 Å². The highest BCUT2D eigenvalue weighted by Crippen LogP contribution is 2.13. The van der Waals surface area contributed by atoms with E-state index in [9.17, 15) is 4.79 Å². The second-order valence-electron chi connectivity index (χ2n) is 6.56. The van der Waals surface area contributed by atoms with Crippen LogP contribution in [0.15, 0.2) is 18.3 Å². The van der Waals surface area contributed by atoms with Gasteiger partial charge >= 0.3 is 6.09 Å². The van der Waals surface area contributed by atoms with Crippen LogP contribution < -0.4 is 0 Å². The van der Waals surface area contributed by atoms with E-state index >= 15 is 0 Å². The normalized spacial score (nSPS) is 16.6. The third-order valence-electron chi connectivity index (χ3n) is 3.48. The van der Waals surface area contributed by atoms with E-state index in [-0.39, 0.29) is 12.7 Å². The van der Waals surface area contributed by atoms with Crippen molar-refractivity contribution in [1.29, 1.82) is 0 Å². The second-order valence-corrected chi connectivity index (χ2v) is 6.56. The van der Waals surface area contributed by atoms with Crippen LogP contribution in [0, 0.1) is 0 Å². The number of hydrogen-bond acceptors (Lipinski definition) is 5. The van der Waals surface area contributed by atoms with E-state index < -0.39 is 5.60 Å². The molecule has 1 saturated heterocycles. The lowest BCUT2D eigenvalue weighted by molar-refractivity contribution is 0.0139. The SMILES string of the molecule is CC(C)(C)OC(=O)N1CCN(Cc2ccc(CO)nc2)CC1. The molecule has 1 aliphatic rings. The van der Waals surface area contributed by atoms with Crippen molar-refractivity contribution < 1.29 is 14.6 Å². The number of aliphatic hydroxyl groups excluding tert-OH is 1. The van der Waals surface area contributed by atoms with Crippen molar-refractivity contribution in [1.82, 2.24) is 14.8 Å². The van der Waals surface area contributed by atoms with Gasteiger partial charge in [0.2, 0.25) is 0 Å². The number of carbonyl (C=O) groups is 1. The Balaban J connectivity index is 1.80. The van der Waals surface area contributed by atoms with Gasteiger partial charge in [-0.25, -0.2) is 4.79 Å². The molecule has 1 amide bonds. The largest absolute Gasteiger partial charge is 0.444 e. The molecule has 0 saturated carbocycles. The zero-order valence-corrected chi connectivity index (χ0v) is 13.6. The standard InChI is InChI=1S/C16H25N3O3/c1-16(2,3)22-15(21)19-8-6-18(7-9-19)11-13-4-5-14(12-20)17-10-13/h4-5,10,20H,6-9,11-12H2,1-3H3. The Morgan fingerprint density at radius 1 is 1.27 bits per heavy atom. The number of amides is 1. The van der Waals surface area contributed by atoms with Gasteiger partial charge in [-0.3, -0.25) is 9.88 Å². The van der Waals surface area contributed by atoms with Crippen molar-refractivity contribution in [2.24, 2.45) is 0 Å². The molecule has 0 bridgehead atoms. The number of carbonyl (C=O) groups excluding carboxylic acids is 1. The Hall–Kier alpha value is -1.66. The lowest BCUT2D eigenvalue weighted by atomic mass is 10.2. The molecule has 6 nitrogen and oxygen atoms in total. The van der Waals surface area contributed by atoms with E-state index in [2.05, 4.69) is 9.88 Å². The minimum absolute atomic E-state index is 0.0329. The number of ether oxygens (including phenoxy) is 1. The number of nitrogens with zero attached hydrogens (tertiary/aromatic N) is 3. The molecule has 22 heavy (non-hydrogen) atoms. The minimum Gasteiger partial charge on any atom is -0.444 e. The van der Waals surface area contributed by atoms with Crippen LogP contribution in [0.25, 0.3) is 0 Å². The zero-order chi connectivity index (χ0) is 16.2. The van der Waals surface area contributed by atoms with E-state index in [1.165, 1.54) is 0 Å². The Kier molecular flexibility index (Phi) is 5.37. The molecule has 2 rings (SSSR count). The summed E-state index contributed by atoms with van der Waals surface area (Å²) in [4.78, 5) is 20.2. The first-order chi connectivity index (χ1) is 10.4. The third-order valence-corrected chi connectivity index (χ3v) is 3.48. The summed E-state index contributed by atoms with van der Waals surface area (Å²) in [6.45, 7) is 9.41. The number of piperazine rings is 1. The van der Waals surface area contributed by atoms with Gasteiger partial charge in [0.25, 0.3) is 0 Å². The second kappa shape index (κ2) is 7.07. The molecular weight excluding hydrogens is 282 g/mol. The van der Waals surface area contributed by atoms with Crippen molar-refractivity contribution in [2.45, 2.75) is 39.5 Å². The predicted octanol–water partition coefficient (Wildman–Crippen LogP) is 1.63. The van der Waals surface area contributed by atoms with Crippen molar-refractivity contribution in [2.75, 3.05) is 26.2 Å². The maximum atomic E-state index is 12.0. The summed E-state index contributed by atoms with van der Waals surface area (Å²) in [5.41, 5.74) is 1.34. The Morgan fingerprint density at radius 2 is 1.95 bits per heavy atom. The topological polar surface area (TPSA) is 65.9 Å². The van der Waals surface area contributed by atoms with Gasteiger partial charge in [0.05, 0.1) is 12.3 Å². The van der Waals surface area contributed by atoms with Gasteiger partial charge in [-0.15, -0.1) is 0 Å². The van der Waals surface area contributed by atoms with E-state index in [1.54, 1.807) is 11.1 Å². The van der Waals surface area contributed by atoms with Gasteiger partial charge in [-0.05, 0) is 32.4 Å². The summed E-state index contributed by atoms with van der Waals surface area (Å²) in [6, 6.07) is 3.82. The fraction of sp³-hybridized carbons (Fsp3) is 0.625. The molecule has 1 aromatic rings. The van der Waals surface area contributed by atoms with E-state index in [0.717, 1.165) is 25.2 Å². The monoisotopic (exact) mass is 307 g/mol. The molecule has 0 unspecified atom stereocenters. The first kappa shape index (κ1) is 16.7. The summed E-state index contributed by atoms with van der Waals surface area (Å²) in [5, 5.41) is 8.99. The van der Waals surface area contributed by atoms with E-state index in [1.807, 2.05) is 32.9 Å². The number of aliphatic hydroxyl groups is 1. The molecule has 1 aliphatic heterocycles.